The Bertz CT molecular complexity index is 593. The molecular formula is C14H18N4O. The summed E-state index contributed by atoms with van der Waals surface area (Å²) in [4.78, 5) is 4.27. The maximum atomic E-state index is 5.69. The van der Waals surface area contributed by atoms with Gasteiger partial charge in [0.15, 0.2) is 0 Å². The Labute approximate surface area is 112 Å². The number of aromatic nitrogens is 3. The van der Waals surface area contributed by atoms with Crippen LogP contribution in [0.2, 0.25) is 0 Å². The predicted molar refractivity (Wildman–Crippen MR) is 73.2 cm³/mol. The number of benzene rings is 1. The molecule has 1 aliphatic heterocycles. The van der Waals surface area contributed by atoms with Crippen molar-refractivity contribution in [3.8, 4) is 5.75 Å². The van der Waals surface area contributed by atoms with Gasteiger partial charge in [0, 0.05) is 12.3 Å². The Morgan fingerprint density at radius 1 is 1.42 bits per heavy atom. The van der Waals surface area contributed by atoms with Crippen molar-refractivity contribution < 1.29 is 4.74 Å². The minimum atomic E-state index is 0.264. The summed E-state index contributed by atoms with van der Waals surface area (Å²) >= 11 is 0. The first-order valence-electron chi connectivity index (χ1n) is 6.54. The van der Waals surface area contributed by atoms with E-state index >= 15 is 0 Å². The average molecular weight is 258 g/mol. The second-order valence-corrected chi connectivity index (χ2v) is 4.99. The van der Waals surface area contributed by atoms with E-state index in [1.165, 1.54) is 5.56 Å². The molecule has 1 aromatic carbocycles. The Hall–Kier alpha value is -2.04. The molecule has 0 fully saturated rings. The molecule has 2 N–H and O–H groups in total. The van der Waals surface area contributed by atoms with Crippen LogP contribution in [0.4, 0.5) is 5.95 Å². The molecule has 0 saturated heterocycles. The molecule has 2 aromatic rings. The number of hydrogen-bond donors (Lipinski definition) is 1. The van der Waals surface area contributed by atoms with Crippen LogP contribution in [0.3, 0.4) is 0 Å². The highest BCUT2D eigenvalue weighted by Gasteiger charge is 2.29. The summed E-state index contributed by atoms with van der Waals surface area (Å²) in [7, 11) is 1.69. The van der Waals surface area contributed by atoms with Gasteiger partial charge in [-0.2, -0.15) is 4.98 Å². The molecule has 0 aliphatic carbocycles. The van der Waals surface area contributed by atoms with Gasteiger partial charge in [-0.3, -0.25) is 0 Å². The summed E-state index contributed by atoms with van der Waals surface area (Å²) in [6, 6.07) is 8.52. The van der Waals surface area contributed by atoms with Crippen LogP contribution >= 0.6 is 0 Å². The lowest BCUT2D eigenvalue weighted by atomic mass is 9.86. The van der Waals surface area contributed by atoms with Gasteiger partial charge in [0.1, 0.15) is 11.6 Å². The Kier molecular flexibility index (Phi) is 2.89. The number of nitrogens with two attached hydrogens (primary N) is 1. The topological polar surface area (TPSA) is 66.0 Å². The number of methoxy groups -OCH3 is 1. The number of ether oxygens (including phenoxy) is 1. The molecule has 5 heteroatoms. The summed E-state index contributed by atoms with van der Waals surface area (Å²) in [5.74, 6) is 2.68. The van der Waals surface area contributed by atoms with E-state index < -0.39 is 0 Å². The van der Waals surface area contributed by atoms with E-state index in [-0.39, 0.29) is 6.04 Å². The Balaban J connectivity index is 1.94. The lowest BCUT2D eigenvalue weighted by molar-refractivity contribution is 0.337. The standard InChI is InChI=1S/C14H18N4O/c1-9-12(10-4-3-5-11(8-10)19-2)6-7-13-16-14(15)17-18(9)13/h3-5,8-9,12H,6-7H2,1-2H3,(H2,15,17). The number of hydrogen-bond acceptors (Lipinski definition) is 4. The molecule has 1 aliphatic rings. The van der Waals surface area contributed by atoms with Crippen LogP contribution in [-0.2, 0) is 6.42 Å². The van der Waals surface area contributed by atoms with E-state index in [4.69, 9.17) is 10.5 Å². The number of nitrogens with zero attached hydrogens (tertiary/aromatic N) is 3. The third kappa shape index (κ3) is 2.05. The number of rotatable bonds is 2. The van der Waals surface area contributed by atoms with Crippen molar-refractivity contribution in [3.05, 3.63) is 35.7 Å². The fourth-order valence-electron chi connectivity index (χ4n) is 2.88. The first kappa shape index (κ1) is 12.0. The molecule has 0 amide bonds. The van der Waals surface area contributed by atoms with E-state index in [1.807, 2.05) is 16.8 Å². The van der Waals surface area contributed by atoms with E-state index in [0.717, 1.165) is 24.4 Å². The number of nitrogen functional groups attached to an aromatic ring is 1. The molecule has 19 heavy (non-hydrogen) atoms. The van der Waals surface area contributed by atoms with Gasteiger partial charge < -0.3 is 10.5 Å². The zero-order valence-electron chi connectivity index (χ0n) is 11.2. The first-order valence-corrected chi connectivity index (χ1v) is 6.54. The van der Waals surface area contributed by atoms with Crippen LogP contribution in [0.25, 0.3) is 0 Å². The van der Waals surface area contributed by atoms with Gasteiger partial charge >= 0.3 is 0 Å². The SMILES string of the molecule is COc1cccc(C2CCc3nc(N)nn3C2C)c1. The number of fused-ring (bicyclic) bond motifs is 1. The highest BCUT2D eigenvalue weighted by atomic mass is 16.5. The van der Waals surface area contributed by atoms with Gasteiger partial charge in [-0.05, 0) is 31.0 Å². The van der Waals surface area contributed by atoms with Crippen molar-refractivity contribution in [3.63, 3.8) is 0 Å². The average Bonchev–Trinajstić information content (AvgIpc) is 2.81. The predicted octanol–water partition coefficient (Wildman–Crippen LogP) is 2.16. The van der Waals surface area contributed by atoms with Crippen LogP contribution < -0.4 is 10.5 Å². The molecular weight excluding hydrogens is 240 g/mol. The molecule has 0 saturated carbocycles. The summed E-state index contributed by atoms with van der Waals surface area (Å²) in [5, 5.41) is 4.30. The van der Waals surface area contributed by atoms with Gasteiger partial charge in [0.2, 0.25) is 5.95 Å². The van der Waals surface area contributed by atoms with Gasteiger partial charge in [-0.25, -0.2) is 4.68 Å². The van der Waals surface area contributed by atoms with Crippen molar-refractivity contribution >= 4 is 5.95 Å². The summed E-state index contributed by atoms with van der Waals surface area (Å²) in [6.45, 7) is 2.17. The smallest absolute Gasteiger partial charge is 0.239 e. The van der Waals surface area contributed by atoms with Crippen molar-refractivity contribution in [2.75, 3.05) is 12.8 Å². The molecule has 3 rings (SSSR count). The normalized spacial score (nSPS) is 22.0. The third-order valence-corrected chi connectivity index (χ3v) is 3.89. The maximum absolute atomic E-state index is 5.69. The quantitative estimate of drug-likeness (QED) is 0.896. The largest absolute Gasteiger partial charge is 0.497 e. The number of anilines is 1. The van der Waals surface area contributed by atoms with Crippen molar-refractivity contribution in [1.82, 2.24) is 14.8 Å². The lowest BCUT2D eigenvalue weighted by Gasteiger charge is -2.29. The molecule has 100 valence electrons. The van der Waals surface area contributed by atoms with E-state index in [1.54, 1.807) is 7.11 Å². The molecule has 0 bridgehead atoms. The molecule has 2 atom stereocenters. The van der Waals surface area contributed by atoms with Crippen LogP contribution in [0, 0.1) is 0 Å². The molecule has 2 heterocycles. The molecule has 1 aromatic heterocycles. The van der Waals surface area contributed by atoms with Gasteiger partial charge in [0.25, 0.3) is 0 Å². The van der Waals surface area contributed by atoms with Crippen molar-refractivity contribution in [2.24, 2.45) is 0 Å². The van der Waals surface area contributed by atoms with E-state index in [2.05, 4.69) is 29.1 Å². The molecule has 0 radical (unpaired) electrons. The summed E-state index contributed by atoms with van der Waals surface area (Å²) < 4.78 is 7.26. The molecule has 5 nitrogen and oxygen atoms in total. The van der Waals surface area contributed by atoms with Crippen molar-refractivity contribution in [1.29, 1.82) is 0 Å². The fraction of sp³-hybridized carbons (Fsp3) is 0.429. The Morgan fingerprint density at radius 2 is 2.26 bits per heavy atom. The highest BCUT2D eigenvalue weighted by Crippen LogP contribution is 2.37. The fourth-order valence-corrected chi connectivity index (χ4v) is 2.88. The molecule has 2 unspecified atom stereocenters. The van der Waals surface area contributed by atoms with Crippen LogP contribution in [0.5, 0.6) is 5.75 Å². The van der Waals surface area contributed by atoms with Crippen LogP contribution in [0.15, 0.2) is 24.3 Å². The minimum absolute atomic E-state index is 0.264. The van der Waals surface area contributed by atoms with E-state index in [0.29, 0.717) is 11.9 Å². The summed E-state index contributed by atoms with van der Waals surface area (Å²) in [6.07, 6.45) is 1.98. The van der Waals surface area contributed by atoms with Crippen molar-refractivity contribution in [2.45, 2.75) is 31.7 Å². The van der Waals surface area contributed by atoms with Crippen LogP contribution in [0.1, 0.15) is 36.7 Å². The second-order valence-electron chi connectivity index (χ2n) is 4.99. The van der Waals surface area contributed by atoms with E-state index in [9.17, 15) is 0 Å². The highest BCUT2D eigenvalue weighted by molar-refractivity contribution is 5.32. The first-order chi connectivity index (χ1) is 9.19. The van der Waals surface area contributed by atoms with Crippen LogP contribution in [-0.4, -0.2) is 21.9 Å². The third-order valence-electron chi connectivity index (χ3n) is 3.89. The summed E-state index contributed by atoms with van der Waals surface area (Å²) in [5.41, 5.74) is 6.97. The van der Waals surface area contributed by atoms with Gasteiger partial charge in [-0.15, -0.1) is 5.10 Å². The second kappa shape index (κ2) is 4.57. The van der Waals surface area contributed by atoms with Gasteiger partial charge in [-0.1, -0.05) is 12.1 Å². The zero-order chi connectivity index (χ0) is 13.4. The zero-order valence-corrected chi connectivity index (χ0v) is 11.2. The maximum Gasteiger partial charge on any atom is 0.239 e. The monoisotopic (exact) mass is 258 g/mol. The Morgan fingerprint density at radius 3 is 3.05 bits per heavy atom. The van der Waals surface area contributed by atoms with Gasteiger partial charge in [0.05, 0.1) is 13.2 Å². The lowest BCUT2D eigenvalue weighted by Crippen LogP contribution is -2.24. The number of aryl methyl sites for hydroxylation is 1. The molecule has 0 spiro atoms. The minimum Gasteiger partial charge on any atom is -0.497 e.